The molecule has 4 aliphatic heterocycles. The highest BCUT2D eigenvalue weighted by Gasteiger charge is 2.35. The van der Waals surface area contributed by atoms with E-state index in [9.17, 15) is 9.59 Å². The molecular weight excluding hydrogens is 721 g/mol. The molecule has 14 nitrogen and oxygen atoms in total. The number of nitrogen functional groups attached to an aromatic ring is 1. The fourth-order valence-corrected chi connectivity index (χ4v) is 9.55. The van der Waals surface area contributed by atoms with Crippen LogP contribution < -0.4 is 5.73 Å². The summed E-state index contributed by atoms with van der Waals surface area (Å²) in [4.78, 5) is 42.8. The highest BCUT2D eigenvalue weighted by atomic mass is 16.5. The Labute approximate surface area is 330 Å². The number of hydrogen-bond acceptors (Lipinski definition) is 10. The van der Waals surface area contributed by atoms with Crippen LogP contribution in [0, 0.1) is 0 Å². The first-order valence-corrected chi connectivity index (χ1v) is 20.1. The quantitative estimate of drug-likeness (QED) is 0.229. The summed E-state index contributed by atoms with van der Waals surface area (Å²) in [6.07, 6.45) is 9.99. The van der Waals surface area contributed by atoms with Gasteiger partial charge in [-0.25, -0.2) is 9.97 Å². The summed E-state index contributed by atoms with van der Waals surface area (Å²) in [5, 5.41) is 13.7. The van der Waals surface area contributed by atoms with Crippen LogP contribution in [-0.4, -0.2) is 89.0 Å². The number of carbonyl (C=O) groups excluding carboxylic acids is 2. The number of fused-ring (bicyclic) bond motifs is 4. The molecule has 2 amide bonds. The minimum absolute atomic E-state index is 0.0527. The zero-order valence-corrected chi connectivity index (χ0v) is 32.4. The fraction of sp³-hybridized carbons (Fsp3) is 0.419. The molecule has 292 valence electrons. The van der Waals surface area contributed by atoms with Gasteiger partial charge in [-0.3, -0.25) is 23.9 Å². The first-order valence-electron chi connectivity index (χ1n) is 20.1. The Morgan fingerprint density at radius 3 is 2.14 bits per heavy atom. The Balaban J connectivity index is 1.04. The van der Waals surface area contributed by atoms with E-state index < -0.39 is 0 Å². The van der Waals surface area contributed by atoms with Crippen LogP contribution in [0.2, 0.25) is 0 Å². The third-order valence-electron chi connectivity index (χ3n) is 12.5. The number of carbonyl (C=O) groups is 2. The van der Waals surface area contributed by atoms with Gasteiger partial charge in [0.1, 0.15) is 0 Å². The first kappa shape index (κ1) is 35.7. The van der Waals surface area contributed by atoms with Gasteiger partial charge in [-0.05, 0) is 30.7 Å². The number of ether oxygens (including phenoxy) is 2. The van der Waals surface area contributed by atoms with Gasteiger partial charge in [-0.15, -0.1) is 0 Å². The number of nitrogens with two attached hydrogens (primary N) is 1. The molecule has 0 aliphatic carbocycles. The van der Waals surface area contributed by atoms with Crippen molar-refractivity contribution in [3.05, 3.63) is 83.1 Å². The summed E-state index contributed by atoms with van der Waals surface area (Å²) in [6.45, 7) is 7.58. The van der Waals surface area contributed by atoms with E-state index in [-0.39, 0.29) is 36.0 Å². The van der Waals surface area contributed by atoms with Crippen LogP contribution in [0.25, 0.3) is 44.2 Å². The minimum atomic E-state index is -0.279. The lowest BCUT2D eigenvalue weighted by molar-refractivity contribution is -0.130. The van der Waals surface area contributed by atoms with Crippen molar-refractivity contribution in [2.24, 2.45) is 0 Å². The number of anilines is 1. The largest absolute Gasteiger partial charge is 0.381 e. The normalized spacial score (nSPS) is 20.2. The van der Waals surface area contributed by atoms with Crippen LogP contribution >= 0.6 is 0 Å². The number of rotatable bonds is 5. The maximum atomic E-state index is 12.6. The Morgan fingerprint density at radius 2 is 1.44 bits per heavy atom. The third-order valence-corrected chi connectivity index (χ3v) is 12.5. The lowest BCUT2D eigenvalue weighted by Crippen LogP contribution is -2.35. The summed E-state index contributed by atoms with van der Waals surface area (Å²) in [5.41, 5.74) is 16.2. The average Bonchev–Trinajstić information content (AvgIpc) is 3.82. The summed E-state index contributed by atoms with van der Waals surface area (Å²) in [6, 6.07) is 12.8. The van der Waals surface area contributed by atoms with Gasteiger partial charge >= 0.3 is 0 Å². The van der Waals surface area contributed by atoms with Gasteiger partial charge in [0.05, 0.1) is 35.1 Å². The highest BCUT2D eigenvalue weighted by Crippen LogP contribution is 2.44. The van der Waals surface area contributed by atoms with Crippen LogP contribution in [0.15, 0.2) is 55.0 Å². The molecule has 14 heteroatoms. The molecular formula is C43H46N10O4. The number of pyridine rings is 1. The molecule has 2 saturated heterocycles. The van der Waals surface area contributed by atoms with Gasteiger partial charge in [0.25, 0.3) is 0 Å². The smallest absolute Gasteiger partial charge is 0.220 e. The molecule has 2 aromatic carbocycles. The molecule has 0 saturated carbocycles. The molecule has 57 heavy (non-hydrogen) atoms. The predicted molar refractivity (Wildman–Crippen MR) is 214 cm³/mol. The number of aromatic nitrogens is 7. The molecule has 4 aromatic heterocycles. The third kappa shape index (κ3) is 6.22. The highest BCUT2D eigenvalue weighted by molar-refractivity contribution is 5.97. The Morgan fingerprint density at radius 1 is 0.772 bits per heavy atom. The van der Waals surface area contributed by atoms with E-state index in [1.807, 2.05) is 28.3 Å². The molecule has 0 bridgehead atoms. The van der Waals surface area contributed by atoms with Crippen molar-refractivity contribution in [3.63, 3.8) is 0 Å². The second kappa shape index (κ2) is 14.3. The Hall–Kier alpha value is -5.73. The van der Waals surface area contributed by atoms with Gasteiger partial charge in [0.2, 0.25) is 17.8 Å². The summed E-state index contributed by atoms with van der Waals surface area (Å²) in [7, 11) is 0. The van der Waals surface area contributed by atoms with Crippen LogP contribution in [0.5, 0.6) is 0 Å². The van der Waals surface area contributed by atoms with E-state index in [0.29, 0.717) is 52.4 Å². The van der Waals surface area contributed by atoms with Crippen molar-refractivity contribution in [2.75, 3.05) is 38.6 Å². The summed E-state index contributed by atoms with van der Waals surface area (Å²) >= 11 is 0. The van der Waals surface area contributed by atoms with E-state index in [4.69, 9.17) is 30.4 Å². The van der Waals surface area contributed by atoms with Crippen LogP contribution in [0.1, 0.15) is 85.8 Å². The maximum Gasteiger partial charge on any atom is 0.220 e. The summed E-state index contributed by atoms with van der Waals surface area (Å²) < 4.78 is 16.7. The van der Waals surface area contributed by atoms with Gasteiger partial charge in [-0.1, -0.05) is 30.3 Å². The maximum absolute atomic E-state index is 12.6. The second-order valence-electron chi connectivity index (χ2n) is 15.8. The van der Waals surface area contributed by atoms with E-state index >= 15 is 0 Å². The number of benzene rings is 2. The molecule has 10 rings (SSSR count). The predicted octanol–water partition coefficient (Wildman–Crippen LogP) is 5.74. The van der Waals surface area contributed by atoms with E-state index in [1.165, 1.54) is 11.4 Å². The standard InChI is InChI=1S/C43H46N10O4/c1-25(54)50-15-9-37-35(23-50)42(48-52(37)28-11-17-56-18-12-28)31-6-7-32(40-34(31)22-46-43(44)47-40)39-20-29(13-19-57-39)53-38-10-16-51(26(2)55)24-36(38)41(49-53)30-5-3-4-27-8-14-45-21-33(27)30/h3-8,14,21-22,28-29,39H,9-13,15-20,23-24H2,1-2H3,(H2,44,46,47). The van der Waals surface area contributed by atoms with E-state index in [0.717, 1.165) is 93.0 Å². The zero-order chi connectivity index (χ0) is 38.8. The van der Waals surface area contributed by atoms with E-state index in [1.54, 1.807) is 20.0 Å². The Kier molecular flexibility index (Phi) is 8.97. The molecule has 2 unspecified atom stereocenters. The van der Waals surface area contributed by atoms with Crippen molar-refractivity contribution in [2.45, 2.75) is 83.6 Å². The van der Waals surface area contributed by atoms with Gasteiger partial charge < -0.3 is 25.0 Å². The van der Waals surface area contributed by atoms with Crippen molar-refractivity contribution in [3.8, 4) is 22.5 Å². The molecule has 8 heterocycles. The van der Waals surface area contributed by atoms with Crippen LogP contribution in [0.4, 0.5) is 5.95 Å². The average molecular weight is 767 g/mol. The Bertz CT molecular complexity index is 2550. The first-order chi connectivity index (χ1) is 27.8. The monoisotopic (exact) mass is 766 g/mol. The summed E-state index contributed by atoms with van der Waals surface area (Å²) in [5.74, 6) is 0.312. The topological polar surface area (TPSA) is 159 Å². The number of amides is 2. The van der Waals surface area contributed by atoms with Gasteiger partial charge in [0, 0.05) is 148 Å². The fourth-order valence-electron chi connectivity index (χ4n) is 9.55. The van der Waals surface area contributed by atoms with Crippen molar-refractivity contribution in [1.82, 2.24) is 44.3 Å². The number of nitrogens with zero attached hydrogens (tertiary/aromatic N) is 9. The number of hydrogen-bond donors (Lipinski definition) is 1. The van der Waals surface area contributed by atoms with Crippen molar-refractivity contribution < 1.29 is 19.1 Å². The lowest BCUT2D eigenvalue weighted by Gasteiger charge is -2.33. The molecule has 2 N–H and O–H groups in total. The molecule has 0 radical (unpaired) electrons. The molecule has 6 aromatic rings. The second-order valence-corrected chi connectivity index (χ2v) is 15.8. The van der Waals surface area contributed by atoms with Crippen molar-refractivity contribution in [1.29, 1.82) is 0 Å². The van der Waals surface area contributed by atoms with Gasteiger partial charge in [-0.2, -0.15) is 10.2 Å². The lowest BCUT2D eigenvalue weighted by atomic mass is 9.92. The van der Waals surface area contributed by atoms with E-state index in [2.05, 4.69) is 49.7 Å². The molecule has 0 spiro atoms. The SMILES string of the molecule is CC(=O)N1CCc2c(c(-c3cccc4ccncc34)nn2C2CCOC(c3ccc(-c4nn(C5CCOCC5)c5c4CN(C(C)=O)CC5)c4cnc(N)nc34)C2)C1. The molecule has 2 fully saturated rings. The molecule has 4 aliphatic rings. The van der Waals surface area contributed by atoms with Crippen molar-refractivity contribution >= 4 is 39.4 Å². The molecule has 2 atom stereocenters. The van der Waals surface area contributed by atoms with Gasteiger partial charge in [0.15, 0.2) is 0 Å². The zero-order valence-electron chi connectivity index (χ0n) is 32.4. The van der Waals surface area contributed by atoms with Crippen LogP contribution in [0.3, 0.4) is 0 Å². The minimum Gasteiger partial charge on any atom is -0.381 e. The van der Waals surface area contributed by atoms with Crippen LogP contribution in [-0.2, 0) is 45.0 Å².